The van der Waals surface area contributed by atoms with Crippen LogP contribution in [0.1, 0.15) is 40.2 Å². The predicted molar refractivity (Wildman–Crippen MR) is 90.6 cm³/mol. The van der Waals surface area contributed by atoms with Crippen molar-refractivity contribution in [2.45, 2.75) is 46.8 Å². The Morgan fingerprint density at radius 1 is 1.21 bits per heavy atom. The van der Waals surface area contributed by atoms with Gasteiger partial charge in [-0.05, 0) is 38.7 Å². The number of hydrogen-bond acceptors (Lipinski definition) is 3. The van der Waals surface area contributed by atoms with Gasteiger partial charge in [-0.3, -0.25) is 0 Å². The molecule has 0 aliphatic heterocycles. The second kappa shape index (κ2) is 8.97. The number of halogens is 2. The van der Waals surface area contributed by atoms with E-state index in [0.717, 1.165) is 6.07 Å². The standard InChI is InChI=1S/C18H28F2N2O2/c1-12(2)14(11-22-17(23)24-18(3,4)5)10-21-9-13-6-7-15(19)8-16(13)20/h6-8,12,14,21H,9-11H2,1-5H3,(H,22,23). The predicted octanol–water partition coefficient (Wildman–Crippen LogP) is 3.85. The van der Waals surface area contributed by atoms with Gasteiger partial charge in [0.25, 0.3) is 0 Å². The summed E-state index contributed by atoms with van der Waals surface area (Å²) in [4.78, 5) is 11.7. The van der Waals surface area contributed by atoms with Gasteiger partial charge in [-0.2, -0.15) is 0 Å². The quantitative estimate of drug-likeness (QED) is 0.791. The molecule has 6 heteroatoms. The van der Waals surface area contributed by atoms with Gasteiger partial charge in [0.1, 0.15) is 17.2 Å². The van der Waals surface area contributed by atoms with Gasteiger partial charge in [-0.15, -0.1) is 0 Å². The number of alkyl carbamates (subject to hydrolysis) is 1. The van der Waals surface area contributed by atoms with Crippen molar-refractivity contribution >= 4 is 6.09 Å². The van der Waals surface area contributed by atoms with Gasteiger partial charge in [0.15, 0.2) is 0 Å². The maximum atomic E-state index is 13.6. The second-order valence-corrected chi connectivity index (χ2v) is 7.25. The first-order valence-corrected chi connectivity index (χ1v) is 8.20. The molecule has 24 heavy (non-hydrogen) atoms. The lowest BCUT2D eigenvalue weighted by Crippen LogP contribution is -2.39. The summed E-state index contributed by atoms with van der Waals surface area (Å²) in [6.45, 7) is 10.9. The Balaban J connectivity index is 2.44. The summed E-state index contributed by atoms with van der Waals surface area (Å²) in [7, 11) is 0. The van der Waals surface area contributed by atoms with Crippen LogP contribution in [-0.4, -0.2) is 24.8 Å². The molecule has 0 aromatic heterocycles. The van der Waals surface area contributed by atoms with E-state index in [1.807, 2.05) is 20.8 Å². The highest BCUT2D eigenvalue weighted by atomic mass is 19.1. The van der Waals surface area contributed by atoms with E-state index in [0.29, 0.717) is 31.1 Å². The van der Waals surface area contributed by atoms with Crippen molar-refractivity contribution in [2.75, 3.05) is 13.1 Å². The highest BCUT2D eigenvalue weighted by molar-refractivity contribution is 5.67. The zero-order chi connectivity index (χ0) is 18.3. The van der Waals surface area contributed by atoms with Crippen LogP contribution in [-0.2, 0) is 11.3 Å². The van der Waals surface area contributed by atoms with Crippen LogP contribution in [0.4, 0.5) is 13.6 Å². The van der Waals surface area contributed by atoms with E-state index in [1.165, 1.54) is 12.1 Å². The second-order valence-electron chi connectivity index (χ2n) is 7.25. The fourth-order valence-corrected chi connectivity index (χ4v) is 2.13. The highest BCUT2D eigenvalue weighted by Crippen LogP contribution is 2.12. The van der Waals surface area contributed by atoms with Crippen molar-refractivity contribution in [2.24, 2.45) is 11.8 Å². The van der Waals surface area contributed by atoms with E-state index in [4.69, 9.17) is 4.74 Å². The van der Waals surface area contributed by atoms with Crippen LogP contribution in [0, 0.1) is 23.5 Å². The summed E-state index contributed by atoms with van der Waals surface area (Å²) in [5, 5.41) is 5.92. The number of hydrogen-bond donors (Lipinski definition) is 2. The molecule has 0 heterocycles. The van der Waals surface area contributed by atoms with Gasteiger partial charge < -0.3 is 15.4 Å². The van der Waals surface area contributed by atoms with Crippen LogP contribution in [0.3, 0.4) is 0 Å². The molecule has 1 aromatic carbocycles. The van der Waals surface area contributed by atoms with Gasteiger partial charge in [0.05, 0.1) is 0 Å². The van der Waals surface area contributed by atoms with Crippen molar-refractivity contribution < 1.29 is 18.3 Å². The molecule has 0 bridgehead atoms. The molecule has 1 amide bonds. The molecule has 0 saturated heterocycles. The molecule has 0 aliphatic rings. The van der Waals surface area contributed by atoms with Gasteiger partial charge >= 0.3 is 6.09 Å². The smallest absolute Gasteiger partial charge is 0.407 e. The zero-order valence-electron chi connectivity index (χ0n) is 15.1. The topological polar surface area (TPSA) is 50.4 Å². The van der Waals surface area contributed by atoms with Crippen molar-refractivity contribution in [3.8, 4) is 0 Å². The Kier molecular flexibility index (Phi) is 7.60. The Labute approximate surface area is 143 Å². The molecule has 0 spiro atoms. The first-order chi connectivity index (χ1) is 11.1. The number of carbonyl (C=O) groups excluding carboxylic acids is 1. The zero-order valence-corrected chi connectivity index (χ0v) is 15.1. The lowest BCUT2D eigenvalue weighted by Gasteiger charge is -2.24. The Morgan fingerprint density at radius 3 is 2.42 bits per heavy atom. The molecule has 0 saturated carbocycles. The van der Waals surface area contributed by atoms with Gasteiger partial charge in [-0.1, -0.05) is 19.9 Å². The van der Waals surface area contributed by atoms with E-state index in [-0.39, 0.29) is 5.92 Å². The molecule has 4 nitrogen and oxygen atoms in total. The molecule has 1 atom stereocenters. The summed E-state index contributed by atoms with van der Waals surface area (Å²) in [6, 6.07) is 3.55. The van der Waals surface area contributed by atoms with Gasteiger partial charge in [-0.25, -0.2) is 13.6 Å². The number of nitrogens with one attached hydrogen (secondary N) is 2. The first kappa shape index (κ1) is 20.4. The minimum atomic E-state index is -0.585. The molecule has 2 N–H and O–H groups in total. The number of carbonyl (C=O) groups is 1. The third kappa shape index (κ3) is 7.73. The molecule has 1 rings (SSSR count). The Hall–Kier alpha value is -1.69. The van der Waals surface area contributed by atoms with Crippen LogP contribution >= 0.6 is 0 Å². The van der Waals surface area contributed by atoms with E-state index in [1.54, 1.807) is 0 Å². The minimum absolute atomic E-state index is 0.168. The molecule has 136 valence electrons. The number of benzene rings is 1. The van der Waals surface area contributed by atoms with E-state index in [9.17, 15) is 13.6 Å². The molecular formula is C18H28F2N2O2. The largest absolute Gasteiger partial charge is 0.444 e. The molecule has 1 unspecified atom stereocenters. The maximum Gasteiger partial charge on any atom is 0.407 e. The van der Waals surface area contributed by atoms with Gasteiger partial charge in [0, 0.05) is 31.3 Å². The van der Waals surface area contributed by atoms with E-state index in [2.05, 4.69) is 24.5 Å². The molecule has 0 fully saturated rings. The van der Waals surface area contributed by atoms with Crippen LogP contribution in [0.15, 0.2) is 18.2 Å². The number of rotatable bonds is 7. The van der Waals surface area contributed by atoms with Crippen LogP contribution in [0.25, 0.3) is 0 Å². The van der Waals surface area contributed by atoms with Gasteiger partial charge in [0.2, 0.25) is 0 Å². The summed E-state index contributed by atoms with van der Waals surface area (Å²) < 4.78 is 31.7. The molecule has 1 aromatic rings. The summed E-state index contributed by atoms with van der Waals surface area (Å²) >= 11 is 0. The minimum Gasteiger partial charge on any atom is -0.444 e. The van der Waals surface area contributed by atoms with Crippen molar-refractivity contribution in [1.82, 2.24) is 10.6 Å². The maximum absolute atomic E-state index is 13.6. The number of ether oxygens (including phenoxy) is 1. The van der Waals surface area contributed by atoms with Crippen molar-refractivity contribution in [1.29, 1.82) is 0 Å². The monoisotopic (exact) mass is 342 g/mol. The molecule has 0 radical (unpaired) electrons. The summed E-state index contributed by atoms with van der Waals surface area (Å²) in [5.41, 5.74) is -0.116. The fraction of sp³-hybridized carbons (Fsp3) is 0.611. The van der Waals surface area contributed by atoms with Crippen molar-refractivity contribution in [3.63, 3.8) is 0 Å². The highest BCUT2D eigenvalue weighted by Gasteiger charge is 2.19. The lowest BCUT2D eigenvalue weighted by molar-refractivity contribution is 0.0515. The lowest BCUT2D eigenvalue weighted by atomic mass is 9.95. The van der Waals surface area contributed by atoms with E-state index >= 15 is 0 Å². The Morgan fingerprint density at radius 2 is 1.88 bits per heavy atom. The molecule has 0 aliphatic carbocycles. The SMILES string of the molecule is CC(C)C(CNCc1ccc(F)cc1F)CNC(=O)OC(C)(C)C. The van der Waals surface area contributed by atoms with Crippen LogP contribution in [0.5, 0.6) is 0 Å². The summed E-state index contributed by atoms with van der Waals surface area (Å²) in [6.07, 6.45) is -0.447. The fourth-order valence-electron chi connectivity index (χ4n) is 2.13. The normalized spacial score (nSPS) is 13.0. The van der Waals surface area contributed by atoms with Crippen LogP contribution in [0.2, 0.25) is 0 Å². The van der Waals surface area contributed by atoms with Crippen LogP contribution < -0.4 is 10.6 Å². The third-order valence-corrected chi connectivity index (χ3v) is 3.59. The third-order valence-electron chi connectivity index (χ3n) is 3.59. The molecular weight excluding hydrogens is 314 g/mol. The Bertz CT molecular complexity index is 542. The number of amides is 1. The average Bonchev–Trinajstić information content (AvgIpc) is 2.42. The average molecular weight is 342 g/mol. The summed E-state index contributed by atoms with van der Waals surface area (Å²) in [5.74, 6) is -0.653. The van der Waals surface area contributed by atoms with Crippen molar-refractivity contribution in [3.05, 3.63) is 35.4 Å². The van der Waals surface area contributed by atoms with E-state index < -0.39 is 23.3 Å². The first-order valence-electron chi connectivity index (χ1n) is 8.20.